The van der Waals surface area contributed by atoms with Crippen molar-refractivity contribution in [1.82, 2.24) is 15.3 Å². The first-order valence-corrected chi connectivity index (χ1v) is 13.1. The van der Waals surface area contributed by atoms with Gasteiger partial charge in [0, 0.05) is 30.5 Å². The van der Waals surface area contributed by atoms with E-state index in [9.17, 15) is 13.2 Å². The number of ether oxygens (including phenoxy) is 1. The number of aryl methyl sites for hydroxylation is 1. The van der Waals surface area contributed by atoms with E-state index in [4.69, 9.17) is 4.74 Å². The van der Waals surface area contributed by atoms with Crippen LogP contribution in [0, 0.1) is 12.8 Å². The molecular weight excluding hydrogens is 492 g/mol. The maximum absolute atomic E-state index is 13.4. The molecule has 10 nitrogen and oxygen atoms in total. The maximum Gasteiger partial charge on any atom is 0.263 e. The van der Waals surface area contributed by atoms with Gasteiger partial charge in [-0.1, -0.05) is 18.2 Å². The van der Waals surface area contributed by atoms with E-state index in [0.29, 0.717) is 41.2 Å². The Morgan fingerprint density at radius 1 is 0.946 bits per heavy atom. The molecule has 1 aliphatic heterocycles. The SMILES string of the molecule is COc1cc(C)cc(Nc2nc3ccccc3nc2NS(=O)(=O)c2cccc(NC(=O)C3CNC3)c2)c1. The number of nitrogens with one attached hydrogen (secondary N) is 4. The number of anilines is 4. The number of carbonyl (C=O) groups excluding carboxylic acids is 1. The van der Waals surface area contributed by atoms with Crippen molar-refractivity contribution < 1.29 is 17.9 Å². The predicted octanol–water partition coefficient (Wildman–Crippen LogP) is 3.65. The Bertz CT molecular complexity index is 1590. The number of sulfonamides is 1. The van der Waals surface area contributed by atoms with Crippen LogP contribution in [0.4, 0.5) is 23.0 Å². The number of hydrogen-bond donors (Lipinski definition) is 4. The zero-order chi connectivity index (χ0) is 26.0. The average molecular weight is 519 g/mol. The molecule has 0 spiro atoms. The molecule has 0 saturated carbocycles. The van der Waals surface area contributed by atoms with Gasteiger partial charge in [-0.15, -0.1) is 0 Å². The van der Waals surface area contributed by atoms with Gasteiger partial charge in [0.05, 0.1) is 29.0 Å². The largest absolute Gasteiger partial charge is 0.497 e. The fraction of sp³-hybridized carbons (Fsp3) is 0.192. The van der Waals surface area contributed by atoms with Crippen molar-refractivity contribution in [2.24, 2.45) is 5.92 Å². The third-order valence-corrected chi connectivity index (χ3v) is 7.25. The molecule has 2 heterocycles. The molecule has 0 radical (unpaired) electrons. The zero-order valence-corrected chi connectivity index (χ0v) is 21.1. The summed E-state index contributed by atoms with van der Waals surface area (Å²) in [5.41, 5.74) is 3.14. The number of carbonyl (C=O) groups is 1. The second-order valence-corrected chi connectivity index (χ2v) is 10.4. The Hall–Kier alpha value is -4.22. The summed E-state index contributed by atoms with van der Waals surface area (Å²) in [4.78, 5) is 21.4. The van der Waals surface area contributed by atoms with E-state index < -0.39 is 10.0 Å². The first-order chi connectivity index (χ1) is 17.8. The number of aromatic nitrogens is 2. The number of rotatable bonds is 8. The van der Waals surface area contributed by atoms with Crippen molar-refractivity contribution >= 4 is 50.0 Å². The molecule has 1 fully saturated rings. The van der Waals surface area contributed by atoms with E-state index in [0.717, 1.165) is 5.56 Å². The minimum atomic E-state index is -4.07. The summed E-state index contributed by atoms with van der Waals surface area (Å²) in [6.07, 6.45) is 0. The van der Waals surface area contributed by atoms with E-state index >= 15 is 0 Å². The zero-order valence-electron chi connectivity index (χ0n) is 20.3. The lowest BCUT2D eigenvalue weighted by Gasteiger charge is -2.25. The van der Waals surface area contributed by atoms with Crippen molar-refractivity contribution in [2.75, 3.05) is 35.6 Å². The number of hydrogen-bond acceptors (Lipinski definition) is 8. The first-order valence-electron chi connectivity index (χ1n) is 11.6. The number of para-hydroxylation sites is 2. The molecule has 190 valence electrons. The molecule has 1 aromatic heterocycles. The molecule has 0 atom stereocenters. The Balaban J connectivity index is 1.47. The molecule has 0 aliphatic carbocycles. The lowest BCUT2D eigenvalue weighted by molar-refractivity contribution is -0.121. The summed E-state index contributed by atoms with van der Waals surface area (Å²) in [5.74, 6) is 0.641. The number of amides is 1. The monoisotopic (exact) mass is 518 g/mol. The highest BCUT2D eigenvalue weighted by Gasteiger charge is 2.25. The lowest BCUT2D eigenvalue weighted by Crippen LogP contribution is -2.48. The molecule has 11 heteroatoms. The van der Waals surface area contributed by atoms with Gasteiger partial charge in [-0.3, -0.25) is 9.52 Å². The van der Waals surface area contributed by atoms with Crippen LogP contribution in [0.25, 0.3) is 11.0 Å². The summed E-state index contributed by atoms with van der Waals surface area (Å²) in [7, 11) is -2.49. The summed E-state index contributed by atoms with van der Waals surface area (Å²) in [6, 6.07) is 18.8. The summed E-state index contributed by atoms with van der Waals surface area (Å²) in [6.45, 7) is 3.14. The van der Waals surface area contributed by atoms with Crippen LogP contribution >= 0.6 is 0 Å². The maximum atomic E-state index is 13.4. The van der Waals surface area contributed by atoms with Crippen molar-refractivity contribution in [1.29, 1.82) is 0 Å². The highest BCUT2D eigenvalue weighted by molar-refractivity contribution is 7.92. The minimum absolute atomic E-state index is 0.0184. The van der Waals surface area contributed by atoms with Gasteiger partial charge in [-0.05, 0) is 55.0 Å². The van der Waals surface area contributed by atoms with E-state index in [2.05, 4.69) is 30.6 Å². The molecule has 0 unspecified atom stereocenters. The molecule has 4 aromatic rings. The van der Waals surface area contributed by atoms with Gasteiger partial charge in [0.25, 0.3) is 10.0 Å². The van der Waals surface area contributed by atoms with E-state index in [1.807, 2.05) is 25.1 Å². The lowest BCUT2D eigenvalue weighted by atomic mass is 10.0. The first kappa shape index (κ1) is 24.5. The second kappa shape index (κ2) is 10.0. The van der Waals surface area contributed by atoms with Crippen LogP contribution in [-0.2, 0) is 14.8 Å². The van der Waals surface area contributed by atoms with Crippen LogP contribution < -0.4 is 25.4 Å². The molecule has 3 aromatic carbocycles. The van der Waals surface area contributed by atoms with Crippen LogP contribution in [0.15, 0.2) is 71.6 Å². The Morgan fingerprint density at radius 3 is 2.35 bits per heavy atom. The third kappa shape index (κ3) is 5.47. The van der Waals surface area contributed by atoms with Crippen LogP contribution in [0.5, 0.6) is 5.75 Å². The molecule has 0 bridgehead atoms. The molecule has 1 amide bonds. The Labute approximate surface area is 214 Å². The molecule has 4 N–H and O–H groups in total. The van der Waals surface area contributed by atoms with Gasteiger partial charge < -0.3 is 20.7 Å². The molecule has 5 rings (SSSR count). The third-order valence-electron chi connectivity index (χ3n) is 5.92. The molecule has 1 aliphatic rings. The second-order valence-electron chi connectivity index (χ2n) is 8.75. The van der Waals surface area contributed by atoms with Crippen LogP contribution in [0.3, 0.4) is 0 Å². The van der Waals surface area contributed by atoms with Crippen molar-refractivity contribution in [3.8, 4) is 5.75 Å². The number of benzene rings is 3. The van der Waals surface area contributed by atoms with Crippen LogP contribution in [0.1, 0.15) is 5.56 Å². The van der Waals surface area contributed by atoms with Gasteiger partial charge in [0.2, 0.25) is 5.91 Å². The van der Waals surface area contributed by atoms with E-state index in [-0.39, 0.29) is 28.4 Å². The smallest absolute Gasteiger partial charge is 0.263 e. The normalized spacial score (nSPS) is 13.6. The van der Waals surface area contributed by atoms with Gasteiger partial charge in [-0.2, -0.15) is 0 Å². The quantitative estimate of drug-likeness (QED) is 0.278. The minimum Gasteiger partial charge on any atom is -0.497 e. The predicted molar refractivity (Wildman–Crippen MR) is 143 cm³/mol. The van der Waals surface area contributed by atoms with Gasteiger partial charge >= 0.3 is 0 Å². The fourth-order valence-electron chi connectivity index (χ4n) is 3.88. The summed E-state index contributed by atoms with van der Waals surface area (Å²) < 4.78 is 34.7. The van der Waals surface area contributed by atoms with Gasteiger partial charge in [0.1, 0.15) is 5.75 Å². The molecule has 1 saturated heterocycles. The van der Waals surface area contributed by atoms with Crippen LogP contribution in [0.2, 0.25) is 0 Å². The topological polar surface area (TPSA) is 134 Å². The highest BCUT2D eigenvalue weighted by atomic mass is 32.2. The Kier molecular flexibility index (Phi) is 6.64. The number of nitrogens with zero attached hydrogens (tertiary/aromatic N) is 2. The summed E-state index contributed by atoms with van der Waals surface area (Å²) >= 11 is 0. The number of fused-ring (bicyclic) bond motifs is 1. The van der Waals surface area contributed by atoms with Gasteiger partial charge in [0.15, 0.2) is 11.6 Å². The van der Waals surface area contributed by atoms with Crippen molar-refractivity contribution in [3.05, 3.63) is 72.3 Å². The number of methoxy groups -OCH3 is 1. The molecular formula is C26H26N6O4S. The average Bonchev–Trinajstić information content (AvgIpc) is 2.83. The molecule has 37 heavy (non-hydrogen) atoms. The van der Waals surface area contributed by atoms with Crippen molar-refractivity contribution in [2.45, 2.75) is 11.8 Å². The van der Waals surface area contributed by atoms with E-state index in [1.165, 1.54) is 12.1 Å². The van der Waals surface area contributed by atoms with Gasteiger partial charge in [-0.25, -0.2) is 18.4 Å². The van der Waals surface area contributed by atoms with E-state index in [1.54, 1.807) is 43.5 Å². The van der Waals surface area contributed by atoms with Crippen LogP contribution in [-0.4, -0.2) is 44.5 Å². The summed E-state index contributed by atoms with van der Waals surface area (Å²) in [5, 5.41) is 9.00. The fourth-order valence-corrected chi connectivity index (χ4v) is 4.93. The highest BCUT2D eigenvalue weighted by Crippen LogP contribution is 2.29. The standard InChI is InChI=1S/C26H26N6O4S/c1-16-10-19(12-20(11-16)36-2)28-24-25(31-23-9-4-3-8-22(23)30-24)32-37(34,35)21-7-5-6-18(13-21)29-26(33)17-14-27-15-17/h3-13,17,27H,14-15H2,1-2H3,(H,28,30)(H,29,33)(H,31,32). The Morgan fingerprint density at radius 2 is 1.68 bits per heavy atom. The van der Waals surface area contributed by atoms with Crippen molar-refractivity contribution in [3.63, 3.8) is 0 Å².